The van der Waals surface area contributed by atoms with Gasteiger partial charge in [-0.15, -0.1) is 0 Å². The number of aliphatic hydroxyl groups is 1. The zero-order valence-electron chi connectivity index (χ0n) is 11.4. The molecular formula is C15H26O2S. The van der Waals surface area contributed by atoms with Crippen LogP contribution >= 0.6 is 11.8 Å². The Morgan fingerprint density at radius 3 is 2.56 bits per heavy atom. The molecule has 1 spiro atoms. The van der Waals surface area contributed by atoms with Crippen LogP contribution in [0.1, 0.15) is 45.4 Å². The lowest BCUT2D eigenvalue weighted by Gasteiger charge is -2.45. The first kappa shape index (κ1) is 13.3. The zero-order chi connectivity index (χ0) is 12.6. The highest BCUT2D eigenvalue weighted by Gasteiger charge is 2.43. The second kappa shape index (κ2) is 5.34. The largest absolute Gasteiger partial charge is 0.393 e. The van der Waals surface area contributed by atoms with Crippen LogP contribution in [0.4, 0.5) is 0 Å². The highest BCUT2D eigenvalue weighted by molar-refractivity contribution is 7.99. The molecule has 3 rings (SSSR count). The fourth-order valence-corrected chi connectivity index (χ4v) is 5.02. The van der Waals surface area contributed by atoms with E-state index in [0.717, 1.165) is 25.4 Å². The van der Waals surface area contributed by atoms with Gasteiger partial charge in [-0.3, -0.25) is 0 Å². The van der Waals surface area contributed by atoms with Crippen LogP contribution in [0.25, 0.3) is 0 Å². The first-order valence-corrected chi connectivity index (χ1v) is 8.75. The van der Waals surface area contributed by atoms with Gasteiger partial charge in [-0.2, -0.15) is 11.8 Å². The van der Waals surface area contributed by atoms with Crippen LogP contribution in [-0.4, -0.2) is 34.9 Å². The van der Waals surface area contributed by atoms with Crippen molar-refractivity contribution in [1.82, 2.24) is 0 Å². The molecule has 104 valence electrons. The van der Waals surface area contributed by atoms with Gasteiger partial charge in [-0.05, 0) is 67.8 Å². The minimum absolute atomic E-state index is 0.0899. The van der Waals surface area contributed by atoms with E-state index in [1.54, 1.807) is 0 Å². The molecule has 0 bridgehead atoms. The first-order valence-electron chi connectivity index (χ1n) is 7.60. The molecule has 2 saturated heterocycles. The molecule has 2 aliphatic heterocycles. The van der Waals surface area contributed by atoms with Crippen molar-refractivity contribution in [1.29, 1.82) is 0 Å². The van der Waals surface area contributed by atoms with Crippen LogP contribution in [0.3, 0.4) is 0 Å². The minimum atomic E-state index is -0.0899. The van der Waals surface area contributed by atoms with E-state index in [9.17, 15) is 5.11 Å². The van der Waals surface area contributed by atoms with Crippen molar-refractivity contribution in [2.75, 3.05) is 18.1 Å². The van der Waals surface area contributed by atoms with Crippen molar-refractivity contribution >= 4 is 11.8 Å². The van der Waals surface area contributed by atoms with E-state index in [4.69, 9.17) is 4.74 Å². The lowest BCUT2D eigenvalue weighted by atomic mass is 9.76. The number of aliphatic hydroxyl groups excluding tert-OH is 1. The Labute approximate surface area is 115 Å². The summed E-state index contributed by atoms with van der Waals surface area (Å²) in [5.74, 6) is 4.27. The molecule has 18 heavy (non-hydrogen) atoms. The van der Waals surface area contributed by atoms with E-state index in [0.29, 0.717) is 11.8 Å². The van der Waals surface area contributed by atoms with Gasteiger partial charge in [0.1, 0.15) is 0 Å². The molecule has 0 aromatic carbocycles. The number of ether oxygens (including phenoxy) is 1. The second-order valence-electron chi connectivity index (χ2n) is 6.58. The SMILES string of the molecule is CC(C1CC1)C(O)C1CCOC2(CCSCC2)C1. The Morgan fingerprint density at radius 2 is 1.89 bits per heavy atom. The minimum Gasteiger partial charge on any atom is -0.393 e. The van der Waals surface area contributed by atoms with E-state index >= 15 is 0 Å². The number of hydrogen-bond donors (Lipinski definition) is 1. The standard InChI is InChI=1S/C15H26O2S/c1-11(12-2-3-12)14(16)13-4-7-17-15(10-13)5-8-18-9-6-15/h11-14,16H,2-10H2,1H3. The van der Waals surface area contributed by atoms with Gasteiger partial charge in [0, 0.05) is 6.61 Å². The summed E-state index contributed by atoms with van der Waals surface area (Å²) in [7, 11) is 0. The molecule has 2 heterocycles. The lowest BCUT2D eigenvalue weighted by molar-refractivity contribution is -0.127. The molecule has 3 unspecified atom stereocenters. The van der Waals surface area contributed by atoms with Crippen LogP contribution in [0.15, 0.2) is 0 Å². The number of hydrogen-bond acceptors (Lipinski definition) is 3. The third kappa shape index (κ3) is 2.73. The van der Waals surface area contributed by atoms with Gasteiger partial charge >= 0.3 is 0 Å². The fourth-order valence-electron chi connectivity index (χ4n) is 3.78. The molecule has 0 aromatic heterocycles. The van der Waals surface area contributed by atoms with Crippen LogP contribution < -0.4 is 0 Å². The van der Waals surface area contributed by atoms with Gasteiger partial charge < -0.3 is 9.84 Å². The molecule has 1 aliphatic carbocycles. The molecular weight excluding hydrogens is 244 g/mol. The summed E-state index contributed by atoms with van der Waals surface area (Å²) >= 11 is 2.05. The highest BCUT2D eigenvalue weighted by atomic mass is 32.2. The van der Waals surface area contributed by atoms with Crippen molar-refractivity contribution < 1.29 is 9.84 Å². The van der Waals surface area contributed by atoms with Crippen molar-refractivity contribution in [2.24, 2.45) is 17.8 Å². The smallest absolute Gasteiger partial charge is 0.0701 e. The van der Waals surface area contributed by atoms with Gasteiger partial charge in [-0.1, -0.05) is 6.92 Å². The Morgan fingerprint density at radius 1 is 1.17 bits per heavy atom. The van der Waals surface area contributed by atoms with Gasteiger partial charge in [-0.25, -0.2) is 0 Å². The monoisotopic (exact) mass is 270 g/mol. The molecule has 3 aliphatic rings. The summed E-state index contributed by atoms with van der Waals surface area (Å²) in [5, 5.41) is 10.6. The molecule has 3 atom stereocenters. The summed E-state index contributed by atoms with van der Waals surface area (Å²) in [4.78, 5) is 0. The van der Waals surface area contributed by atoms with E-state index < -0.39 is 0 Å². The van der Waals surface area contributed by atoms with E-state index in [-0.39, 0.29) is 11.7 Å². The van der Waals surface area contributed by atoms with Gasteiger partial charge in [0.2, 0.25) is 0 Å². The van der Waals surface area contributed by atoms with E-state index in [1.165, 1.54) is 37.2 Å². The maximum atomic E-state index is 10.6. The summed E-state index contributed by atoms with van der Waals surface area (Å²) in [5.41, 5.74) is 0.123. The summed E-state index contributed by atoms with van der Waals surface area (Å²) < 4.78 is 6.12. The maximum absolute atomic E-state index is 10.6. The Kier molecular flexibility index (Phi) is 3.93. The van der Waals surface area contributed by atoms with Crippen molar-refractivity contribution in [3.63, 3.8) is 0 Å². The van der Waals surface area contributed by atoms with Crippen LogP contribution in [0.2, 0.25) is 0 Å². The Bertz CT molecular complexity index is 279. The maximum Gasteiger partial charge on any atom is 0.0701 e. The molecule has 1 N–H and O–H groups in total. The second-order valence-corrected chi connectivity index (χ2v) is 7.81. The van der Waals surface area contributed by atoms with Crippen LogP contribution in [-0.2, 0) is 4.74 Å². The quantitative estimate of drug-likeness (QED) is 0.854. The van der Waals surface area contributed by atoms with Crippen LogP contribution in [0.5, 0.6) is 0 Å². The van der Waals surface area contributed by atoms with E-state index in [1.807, 2.05) is 0 Å². The Hall–Kier alpha value is 0.270. The number of rotatable bonds is 3. The first-order chi connectivity index (χ1) is 8.70. The van der Waals surface area contributed by atoms with Gasteiger partial charge in [0.05, 0.1) is 11.7 Å². The zero-order valence-corrected chi connectivity index (χ0v) is 12.3. The predicted octanol–water partition coefficient (Wildman–Crippen LogP) is 3.09. The average Bonchev–Trinajstić information content (AvgIpc) is 3.22. The van der Waals surface area contributed by atoms with Crippen molar-refractivity contribution in [3.8, 4) is 0 Å². The van der Waals surface area contributed by atoms with Crippen LogP contribution in [0, 0.1) is 17.8 Å². The summed E-state index contributed by atoms with van der Waals surface area (Å²) in [6, 6.07) is 0. The third-order valence-electron chi connectivity index (χ3n) is 5.32. The third-order valence-corrected chi connectivity index (χ3v) is 6.31. The fraction of sp³-hybridized carbons (Fsp3) is 1.00. The highest BCUT2D eigenvalue weighted by Crippen LogP contribution is 2.45. The van der Waals surface area contributed by atoms with Crippen molar-refractivity contribution in [3.05, 3.63) is 0 Å². The lowest BCUT2D eigenvalue weighted by Crippen LogP contribution is -2.46. The average molecular weight is 270 g/mol. The molecule has 0 amide bonds. The van der Waals surface area contributed by atoms with Gasteiger partial charge in [0.15, 0.2) is 0 Å². The van der Waals surface area contributed by atoms with E-state index in [2.05, 4.69) is 18.7 Å². The summed E-state index contributed by atoms with van der Waals surface area (Å²) in [6.45, 7) is 3.12. The predicted molar refractivity (Wildman–Crippen MR) is 75.9 cm³/mol. The normalized spacial score (nSPS) is 35.3. The molecule has 2 nitrogen and oxygen atoms in total. The molecule has 3 heteroatoms. The van der Waals surface area contributed by atoms with Gasteiger partial charge in [0.25, 0.3) is 0 Å². The topological polar surface area (TPSA) is 29.5 Å². The molecule has 1 saturated carbocycles. The molecule has 0 radical (unpaired) electrons. The van der Waals surface area contributed by atoms with Crippen molar-refractivity contribution in [2.45, 2.75) is 57.2 Å². The number of thioether (sulfide) groups is 1. The molecule has 3 fully saturated rings. The Balaban J connectivity index is 1.61. The molecule has 0 aromatic rings. The summed E-state index contributed by atoms with van der Waals surface area (Å²) in [6.07, 6.45) is 7.14.